The van der Waals surface area contributed by atoms with Crippen molar-refractivity contribution in [1.29, 1.82) is 0 Å². The van der Waals surface area contributed by atoms with E-state index in [4.69, 9.17) is 24.4 Å². The molecule has 5 unspecified atom stereocenters. The topological polar surface area (TPSA) is 149 Å². The highest BCUT2D eigenvalue weighted by atomic mass is 16.7. The monoisotopic (exact) mass is 322 g/mol. The maximum atomic E-state index is 10.0. The Bertz CT molecular complexity index is 401. The second-order valence-corrected chi connectivity index (χ2v) is 5.49. The average Bonchev–Trinajstić information content (AvgIpc) is 2.50. The summed E-state index contributed by atoms with van der Waals surface area (Å²) in [5, 5.41) is 57.6. The van der Waals surface area contributed by atoms with Crippen molar-refractivity contribution in [2.24, 2.45) is 5.92 Å². The molecule has 128 valence electrons. The predicted molar refractivity (Wildman–Crippen MR) is 70.1 cm³/mol. The molecule has 0 radical (unpaired) electrons. The van der Waals surface area contributed by atoms with E-state index in [0.29, 0.717) is 0 Å². The second kappa shape index (κ2) is 7.09. The molecule has 2 heterocycles. The first kappa shape index (κ1) is 17.4. The normalized spacial score (nSPS) is 45.9. The fourth-order valence-electron chi connectivity index (χ4n) is 2.46. The lowest BCUT2D eigenvalue weighted by Gasteiger charge is -2.41. The third kappa shape index (κ3) is 3.35. The molecule has 0 aromatic rings. The minimum Gasteiger partial charge on any atom is -0.457 e. The van der Waals surface area contributed by atoms with Gasteiger partial charge in [0.05, 0.1) is 19.3 Å². The van der Waals surface area contributed by atoms with Gasteiger partial charge in [-0.15, -0.1) is 0 Å². The summed E-state index contributed by atoms with van der Waals surface area (Å²) in [7, 11) is 0. The van der Waals surface area contributed by atoms with Crippen LogP contribution in [-0.4, -0.2) is 86.8 Å². The van der Waals surface area contributed by atoms with E-state index < -0.39 is 56.1 Å². The van der Waals surface area contributed by atoms with Gasteiger partial charge in [-0.05, 0) is 0 Å². The van der Waals surface area contributed by atoms with Crippen molar-refractivity contribution in [1.82, 2.24) is 0 Å². The zero-order chi connectivity index (χ0) is 16.4. The lowest BCUT2D eigenvalue weighted by Crippen LogP contribution is -2.59. The molecular weight excluding hydrogens is 300 g/mol. The minimum absolute atomic E-state index is 0.0919. The molecule has 8 atom stereocenters. The van der Waals surface area contributed by atoms with Crippen molar-refractivity contribution >= 4 is 0 Å². The summed E-state index contributed by atoms with van der Waals surface area (Å²) in [5.41, 5.74) is 0. The van der Waals surface area contributed by atoms with Crippen LogP contribution in [0, 0.1) is 5.92 Å². The number of hydrogen-bond acceptors (Lipinski definition) is 9. The van der Waals surface area contributed by atoms with Crippen LogP contribution in [0.1, 0.15) is 6.92 Å². The fraction of sp³-hybridized carbons (Fsp3) is 0.846. The molecule has 0 amide bonds. The van der Waals surface area contributed by atoms with Gasteiger partial charge in [0.1, 0.15) is 18.3 Å². The molecule has 0 bridgehead atoms. The second-order valence-electron chi connectivity index (χ2n) is 5.49. The molecule has 22 heavy (non-hydrogen) atoms. The van der Waals surface area contributed by atoms with E-state index in [-0.39, 0.29) is 11.9 Å². The molecule has 9 heteroatoms. The SMILES string of the molecule is CC1C=C(OC2C(O)[C@H](O)OC(CO)[C@H]2O)OC(CO)[C@H]1O. The van der Waals surface area contributed by atoms with Gasteiger partial charge in [-0.1, -0.05) is 6.92 Å². The Morgan fingerprint density at radius 3 is 2.23 bits per heavy atom. The molecule has 2 aliphatic heterocycles. The van der Waals surface area contributed by atoms with E-state index in [1.54, 1.807) is 6.92 Å². The average molecular weight is 322 g/mol. The fourth-order valence-corrected chi connectivity index (χ4v) is 2.46. The van der Waals surface area contributed by atoms with Gasteiger partial charge >= 0.3 is 0 Å². The highest BCUT2D eigenvalue weighted by Crippen LogP contribution is 2.28. The maximum absolute atomic E-state index is 10.0. The number of aliphatic hydroxyl groups is 6. The first-order valence-electron chi connectivity index (χ1n) is 7.03. The molecule has 9 nitrogen and oxygen atoms in total. The van der Waals surface area contributed by atoms with Crippen LogP contribution in [0.5, 0.6) is 0 Å². The Morgan fingerprint density at radius 1 is 1.00 bits per heavy atom. The van der Waals surface area contributed by atoms with Gasteiger partial charge in [-0.25, -0.2) is 0 Å². The van der Waals surface area contributed by atoms with E-state index in [1.165, 1.54) is 6.08 Å². The van der Waals surface area contributed by atoms with E-state index in [9.17, 15) is 20.4 Å². The molecule has 0 aromatic heterocycles. The van der Waals surface area contributed by atoms with Crippen molar-refractivity contribution in [3.8, 4) is 0 Å². The summed E-state index contributed by atoms with van der Waals surface area (Å²) >= 11 is 0. The summed E-state index contributed by atoms with van der Waals surface area (Å²) in [4.78, 5) is 0. The van der Waals surface area contributed by atoms with E-state index in [0.717, 1.165) is 0 Å². The van der Waals surface area contributed by atoms with Crippen LogP contribution < -0.4 is 0 Å². The Balaban J connectivity index is 2.12. The van der Waals surface area contributed by atoms with Gasteiger partial charge in [-0.3, -0.25) is 0 Å². The first-order chi connectivity index (χ1) is 10.4. The van der Waals surface area contributed by atoms with E-state index in [2.05, 4.69) is 0 Å². The van der Waals surface area contributed by atoms with Crippen molar-refractivity contribution in [2.45, 2.75) is 49.8 Å². The summed E-state index contributed by atoms with van der Waals surface area (Å²) < 4.78 is 15.5. The maximum Gasteiger partial charge on any atom is 0.276 e. The molecule has 0 spiro atoms. The molecule has 0 saturated carbocycles. The van der Waals surface area contributed by atoms with Gasteiger partial charge < -0.3 is 44.8 Å². The summed E-state index contributed by atoms with van der Waals surface area (Å²) in [6.45, 7) is 0.674. The molecule has 0 aromatic carbocycles. The van der Waals surface area contributed by atoms with Crippen LogP contribution in [-0.2, 0) is 14.2 Å². The van der Waals surface area contributed by atoms with Gasteiger partial charge in [0, 0.05) is 12.0 Å². The van der Waals surface area contributed by atoms with Crippen molar-refractivity contribution < 1.29 is 44.8 Å². The Kier molecular flexibility index (Phi) is 5.61. The zero-order valence-electron chi connectivity index (χ0n) is 12.0. The van der Waals surface area contributed by atoms with Crippen LogP contribution in [0.3, 0.4) is 0 Å². The van der Waals surface area contributed by atoms with E-state index in [1.807, 2.05) is 0 Å². The van der Waals surface area contributed by atoms with Crippen LogP contribution in [0.2, 0.25) is 0 Å². The highest BCUT2D eigenvalue weighted by molar-refractivity contribution is 5.02. The molecule has 2 rings (SSSR count). The molecular formula is C13H22O9. The Hall–Kier alpha value is -0.940. The van der Waals surface area contributed by atoms with Gasteiger partial charge in [-0.2, -0.15) is 0 Å². The molecule has 1 saturated heterocycles. The van der Waals surface area contributed by atoms with Crippen molar-refractivity contribution in [2.75, 3.05) is 13.2 Å². The smallest absolute Gasteiger partial charge is 0.276 e. The van der Waals surface area contributed by atoms with Crippen molar-refractivity contribution in [3.05, 3.63) is 12.0 Å². The predicted octanol–water partition coefficient (Wildman–Crippen LogP) is -2.97. The zero-order valence-corrected chi connectivity index (χ0v) is 12.0. The van der Waals surface area contributed by atoms with Crippen LogP contribution >= 0.6 is 0 Å². The van der Waals surface area contributed by atoms with Crippen molar-refractivity contribution in [3.63, 3.8) is 0 Å². The highest BCUT2D eigenvalue weighted by Gasteiger charge is 2.46. The molecule has 6 N–H and O–H groups in total. The van der Waals surface area contributed by atoms with Crippen LogP contribution in [0.15, 0.2) is 12.0 Å². The summed E-state index contributed by atoms with van der Waals surface area (Å²) in [5.74, 6) is -0.473. The number of aliphatic hydroxyl groups excluding tert-OH is 6. The quantitative estimate of drug-likeness (QED) is 0.319. The molecule has 0 aliphatic carbocycles. The number of rotatable bonds is 4. The summed E-state index contributed by atoms with van der Waals surface area (Å²) in [6, 6.07) is 0. The Labute approximate surface area is 127 Å². The largest absolute Gasteiger partial charge is 0.457 e. The van der Waals surface area contributed by atoms with Crippen LogP contribution in [0.4, 0.5) is 0 Å². The minimum atomic E-state index is -1.63. The van der Waals surface area contributed by atoms with Gasteiger partial charge in [0.15, 0.2) is 18.5 Å². The lowest BCUT2D eigenvalue weighted by atomic mass is 9.97. The van der Waals surface area contributed by atoms with Crippen LogP contribution in [0.25, 0.3) is 0 Å². The molecule has 1 fully saturated rings. The lowest BCUT2D eigenvalue weighted by molar-refractivity contribution is -0.296. The number of hydrogen-bond donors (Lipinski definition) is 6. The third-order valence-corrected chi connectivity index (χ3v) is 3.86. The first-order valence-corrected chi connectivity index (χ1v) is 7.03. The molecule has 2 aliphatic rings. The van der Waals surface area contributed by atoms with Gasteiger partial charge in [0.2, 0.25) is 0 Å². The standard InChI is InChI=1S/C13H22O9/c1-5-2-8(20-6(3-14)9(5)16)22-12-10(17)7(4-15)21-13(19)11(12)18/h2,5-7,9-19H,3-4H2,1H3/t5?,6?,7?,9-,10+,11?,12?,13+/m0/s1. The van der Waals surface area contributed by atoms with E-state index >= 15 is 0 Å². The van der Waals surface area contributed by atoms with Gasteiger partial charge in [0.25, 0.3) is 5.95 Å². The number of ether oxygens (including phenoxy) is 3. The Morgan fingerprint density at radius 2 is 1.64 bits per heavy atom. The summed E-state index contributed by atoms with van der Waals surface area (Å²) in [6.07, 6.45) is -7.39. The third-order valence-electron chi connectivity index (χ3n) is 3.86.